The first-order chi connectivity index (χ1) is 15.5. The summed E-state index contributed by atoms with van der Waals surface area (Å²) >= 11 is 0. The summed E-state index contributed by atoms with van der Waals surface area (Å²) in [5.41, 5.74) is 5.03. The zero-order valence-electron chi connectivity index (χ0n) is 18.5. The minimum atomic E-state index is -0.284. The predicted octanol–water partition coefficient (Wildman–Crippen LogP) is 5.03. The van der Waals surface area contributed by atoms with Crippen LogP contribution in [0.1, 0.15) is 19.5 Å². The molecular formula is C25H26FN5O. The predicted molar refractivity (Wildman–Crippen MR) is 126 cm³/mol. The lowest BCUT2D eigenvalue weighted by Crippen LogP contribution is -2.22. The Bertz CT molecular complexity index is 1230. The number of hydrogen-bond donors (Lipinski definition) is 1. The maximum absolute atomic E-state index is 13.3. The lowest BCUT2D eigenvalue weighted by Gasteiger charge is -2.21. The number of fused-ring (bicyclic) bond motifs is 1. The number of aromatic nitrogens is 3. The quantitative estimate of drug-likeness (QED) is 0.446. The molecular weight excluding hydrogens is 405 g/mol. The van der Waals surface area contributed by atoms with E-state index >= 15 is 0 Å². The van der Waals surface area contributed by atoms with Crippen LogP contribution in [0.5, 0.6) is 0 Å². The summed E-state index contributed by atoms with van der Waals surface area (Å²) in [6.45, 7) is 8.03. The highest BCUT2D eigenvalue weighted by Crippen LogP contribution is 2.30. The summed E-state index contributed by atoms with van der Waals surface area (Å²) < 4.78 is 15.0. The van der Waals surface area contributed by atoms with E-state index in [1.807, 2.05) is 37.3 Å². The van der Waals surface area contributed by atoms with Crippen molar-refractivity contribution in [3.05, 3.63) is 72.3 Å². The SMILES string of the molecule is CCN(CC)c1ccc(NC(=O)Cn2nc(C)c3c(-c4ccc(F)cc4)ccnc32)cc1. The lowest BCUT2D eigenvalue weighted by molar-refractivity contribution is -0.116. The second-order valence-electron chi connectivity index (χ2n) is 7.57. The van der Waals surface area contributed by atoms with Gasteiger partial charge in [0.1, 0.15) is 12.4 Å². The van der Waals surface area contributed by atoms with Gasteiger partial charge in [-0.15, -0.1) is 0 Å². The molecule has 0 atom stereocenters. The molecule has 2 aromatic carbocycles. The largest absolute Gasteiger partial charge is 0.372 e. The fourth-order valence-corrected chi connectivity index (χ4v) is 3.94. The highest BCUT2D eigenvalue weighted by atomic mass is 19.1. The number of carbonyl (C=O) groups excluding carboxylic acids is 1. The topological polar surface area (TPSA) is 63.1 Å². The number of rotatable bonds is 7. The molecule has 32 heavy (non-hydrogen) atoms. The summed E-state index contributed by atoms with van der Waals surface area (Å²) in [5.74, 6) is -0.466. The van der Waals surface area contributed by atoms with Gasteiger partial charge in [0, 0.05) is 36.0 Å². The monoisotopic (exact) mass is 431 g/mol. The van der Waals surface area contributed by atoms with Crippen molar-refractivity contribution in [2.24, 2.45) is 0 Å². The molecule has 0 saturated heterocycles. The first-order valence-corrected chi connectivity index (χ1v) is 10.7. The van der Waals surface area contributed by atoms with E-state index in [1.54, 1.807) is 23.0 Å². The van der Waals surface area contributed by atoms with Crippen molar-refractivity contribution >= 4 is 28.3 Å². The first kappa shape index (κ1) is 21.5. The highest BCUT2D eigenvalue weighted by molar-refractivity contribution is 5.96. The second-order valence-corrected chi connectivity index (χ2v) is 7.57. The van der Waals surface area contributed by atoms with Crippen molar-refractivity contribution in [1.82, 2.24) is 14.8 Å². The molecule has 0 bridgehead atoms. The number of aryl methyl sites for hydroxylation is 1. The van der Waals surface area contributed by atoms with E-state index in [4.69, 9.17) is 0 Å². The fraction of sp³-hybridized carbons (Fsp3) is 0.240. The molecule has 0 unspecified atom stereocenters. The van der Waals surface area contributed by atoms with Crippen LogP contribution in [0.3, 0.4) is 0 Å². The molecule has 2 aromatic heterocycles. The summed E-state index contributed by atoms with van der Waals surface area (Å²) in [4.78, 5) is 19.4. The summed E-state index contributed by atoms with van der Waals surface area (Å²) in [6, 6.07) is 16.0. The molecule has 0 spiro atoms. The molecule has 0 aliphatic rings. The maximum atomic E-state index is 13.3. The molecule has 7 heteroatoms. The van der Waals surface area contributed by atoms with Crippen LogP contribution >= 0.6 is 0 Å². The summed E-state index contributed by atoms with van der Waals surface area (Å²) in [5, 5.41) is 8.34. The minimum absolute atomic E-state index is 0.0437. The molecule has 0 aliphatic carbocycles. The fourth-order valence-electron chi connectivity index (χ4n) is 3.94. The van der Waals surface area contributed by atoms with Crippen LogP contribution < -0.4 is 10.2 Å². The lowest BCUT2D eigenvalue weighted by atomic mass is 10.0. The number of carbonyl (C=O) groups is 1. The third-order valence-electron chi connectivity index (χ3n) is 5.54. The van der Waals surface area contributed by atoms with Gasteiger partial charge >= 0.3 is 0 Å². The molecule has 0 aliphatic heterocycles. The van der Waals surface area contributed by atoms with E-state index in [-0.39, 0.29) is 18.3 Å². The Balaban J connectivity index is 1.55. The Labute approximate surface area is 186 Å². The first-order valence-electron chi connectivity index (χ1n) is 10.7. The van der Waals surface area contributed by atoms with Crippen LogP contribution in [0, 0.1) is 12.7 Å². The Hall–Kier alpha value is -3.74. The van der Waals surface area contributed by atoms with Crippen LogP contribution in [-0.2, 0) is 11.3 Å². The number of benzene rings is 2. The number of hydrogen-bond acceptors (Lipinski definition) is 4. The van der Waals surface area contributed by atoms with Crippen molar-refractivity contribution in [2.75, 3.05) is 23.3 Å². The van der Waals surface area contributed by atoms with E-state index in [0.717, 1.165) is 46.7 Å². The third kappa shape index (κ3) is 4.32. The third-order valence-corrected chi connectivity index (χ3v) is 5.54. The van der Waals surface area contributed by atoms with E-state index in [0.29, 0.717) is 5.65 Å². The number of anilines is 2. The summed E-state index contributed by atoms with van der Waals surface area (Å²) in [6.07, 6.45) is 1.68. The van der Waals surface area contributed by atoms with Crippen molar-refractivity contribution < 1.29 is 9.18 Å². The van der Waals surface area contributed by atoms with Gasteiger partial charge in [-0.05, 0) is 74.4 Å². The Morgan fingerprint density at radius 2 is 1.72 bits per heavy atom. The van der Waals surface area contributed by atoms with Crippen molar-refractivity contribution in [2.45, 2.75) is 27.3 Å². The van der Waals surface area contributed by atoms with Gasteiger partial charge < -0.3 is 10.2 Å². The molecule has 1 amide bonds. The zero-order chi connectivity index (χ0) is 22.7. The van der Waals surface area contributed by atoms with Crippen LogP contribution in [0.4, 0.5) is 15.8 Å². The normalized spacial score (nSPS) is 11.0. The van der Waals surface area contributed by atoms with Crippen molar-refractivity contribution in [3.8, 4) is 11.1 Å². The van der Waals surface area contributed by atoms with Crippen molar-refractivity contribution in [3.63, 3.8) is 0 Å². The van der Waals surface area contributed by atoms with Crippen molar-refractivity contribution in [1.29, 1.82) is 0 Å². The smallest absolute Gasteiger partial charge is 0.246 e. The van der Waals surface area contributed by atoms with Crippen LogP contribution in [0.25, 0.3) is 22.2 Å². The van der Waals surface area contributed by atoms with Gasteiger partial charge in [-0.25, -0.2) is 14.1 Å². The Morgan fingerprint density at radius 1 is 1.03 bits per heavy atom. The van der Waals surface area contributed by atoms with E-state index in [2.05, 4.69) is 34.1 Å². The molecule has 0 radical (unpaired) electrons. The molecule has 0 saturated carbocycles. The Kier molecular flexibility index (Phi) is 6.16. The molecule has 4 aromatic rings. The van der Waals surface area contributed by atoms with E-state index in [1.165, 1.54) is 12.1 Å². The van der Waals surface area contributed by atoms with Gasteiger partial charge in [-0.2, -0.15) is 5.10 Å². The van der Waals surface area contributed by atoms with Gasteiger partial charge in [-0.1, -0.05) is 12.1 Å². The van der Waals surface area contributed by atoms with Crippen LogP contribution in [-0.4, -0.2) is 33.8 Å². The number of nitrogens with zero attached hydrogens (tertiary/aromatic N) is 4. The molecule has 0 fully saturated rings. The van der Waals surface area contributed by atoms with Crippen LogP contribution in [0.15, 0.2) is 60.8 Å². The number of nitrogens with one attached hydrogen (secondary N) is 1. The van der Waals surface area contributed by atoms with Crippen LogP contribution in [0.2, 0.25) is 0 Å². The molecule has 6 nitrogen and oxygen atoms in total. The Morgan fingerprint density at radius 3 is 2.38 bits per heavy atom. The van der Waals surface area contributed by atoms with Gasteiger partial charge in [0.25, 0.3) is 0 Å². The number of halogens is 1. The molecule has 4 rings (SSSR count). The average molecular weight is 432 g/mol. The van der Waals surface area contributed by atoms with Gasteiger partial charge in [0.05, 0.1) is 5.69 Å². The van der Waals surface area contributed by atoms with Gasteiger partial charge in [0.15, 0.2) is 5.65 Å². The van der Waals surface area contributed by atoms with E-state index < -0.39 is 0 Å². The van der Waals surface area contributed by atoms with E-state index in [9.17, 15) is 9.18 Å². The van der Waals surface area contributed by atoms with Gasteiger partial charge in [-0.3, -0.25) is 4.79 Å². The van der Waals surface area contributed by atoms with Gasteiger partial charge in [0.2, 0.25) is 5.91 Å². The zero-order valence-corrected chi connectivity index (χ0v) is 18.5. The number of pyridine rings is 1. The minimum Gasteiger partial charge on any atom is -0.372 e. The number of amides is 1. The molecule has 1 N–H and O–H groups in total. The standard InChI is InChI=1S/C25H26FN5O/c1-4-30(5-2)21-12-10-20(11-13-21)28-23(32)16-31-25-24(17(3)29-31)22(14-15-27-25)18-6-8-19(26)9-7-18/h6-15H,4-5,16H2,1-3H3,(H,28,32). The maximum Gasteiger partial charge on any atom is 0.246 e. The summed E-state index contributed by atoms with van der Waals surface area (Å²) in [7, 11) is 0. The molecule has 2 heterocycles. The second kappa shape index (κ2) is 9.18. The molecule has 164 valence electrons. The highest BCUT2D eigenvalue weighted by Gasteiger charge is 2.16. The average Bonchev–Trinajstić information content (AvgIpc) is 3.11.